The van der Waals surface area contributed by atoms with Gasteiger partial charge in [0.05, 0.1) is 0 Å². The number of halogens is 2. The van der Waals surface area contributed by atoms with Crippen molar-refractivity contribution in [1.82, 2.24) is 0 Å². The van der Waals surface area contributed by atoms with E-state index in [1.165, 1.54) is 17.5 Å². The number of rotatable bonds is 4. The van der Waals surface area contributed by atoms with Gasteiger partial charge >= 0.3 is 113 Å². The third kappa shape index (κ3) is 3.00. The van der Waals surface area contributed by atoms with Crippen molar-refractivity contribution >= 4 is 23.1 Å². The molecule has 0 fully saturated rings. The molecule has 1 aliphatic carbocycles. The molecule has 85 valence electrons. The van der Waals surface area contributed by atoms with Crippen LogP contribution in [0.4, 0.5) is 0 Å². The first-order valence-corrected chi connectivity index (χ1v) is 13.4. The molecule has 3 heteroatoms. The van der Waals surface area contributed by atoms with E-state index in [-0.39, 0.29) is 0 Å². The number of hydrogen-bond acceptors (Lipinski definition) is 0. The molecule has 1 aromatic rings. The molecule has 1 aliphatic rings. The van der Waals surface area contributed by atoms with E-state index in [0.29, 0.717) is 9.54 Å². The van der Waals surface area contributed by atoms with Crippen LogP contribution in [-0.2, 0) is 19.4 Å². The summed E-state index contributed by atoms with van der Waals surface area (Å²) < 4.78 is 0.562. The molecule has 16 heavy (non-hydrogen) atoms. The molecule has 0 aliphatic heterocycles. The molecule has 0 nitrogen and oxygen atoms in total. The molecule has 0 aromatic heterocycles. The normalized spacial score (nSPS) is 19.6. The summed E-state index contributed by atoms with van der Waals surface area (Å²) in [5, 5.41) is 0. The Morgan fingerprint density at radius 3 is 2.81 bits per heavy atom. The average molecular weight is 333 g/mol. The van der Waals surface area contributed by atoms with Crippen molar-refractivity contribution in [1.29, 1.82) is 0 Å². The van der Waals surface area contributed by atoms with Crippen LogP contribution in [0.2, 0.25) is 3.63 Å². The summed E-state index contributed by atoms with van der Waals surface area (Å²) in [6.45, 7) is 2.19. The molecule has 2 rings (SSSR count). The molecule has 0 spiro atoms. The Hall–Kier alpha value is 0.423. The van der Waals surface area contributed by atoms with E-state index in [0.717, 1.165) is 6.42 Å². The van der Waals surface area contributed by atoms with Gasteiger partial charge in [0.1, 0.15) is 0 Å². The third-order valence-corrected chi connectivity index (χ3v) is 10.1. The van der Waals surface area contributed by atoms with Gasteiger partial charge in [-0.15, -0.1) is 0 Å². The van der Waals surface area contributed by atoms with Crippen LogP contribution in [0.25, 0.3) is 6.08 Å². The molecule has 0 saturated carbocycles. The van der Waals surface area contributed by atoms with Crippen molar-refractivity contribution in [2.75, 3.05) is 0 Å². The monoisotopic (exact) mass is 331 g/mol. The van der Waals surface area contributed by atoms with Gasteiger partial charge in [-0.2, -0.15) is 0 Å². The molecule has 0 radical (unpaired) electrons. The molecule has 0 amide bonds. The summed E-state index contributed by atoms with van der Waals surface area (Å²) in [4.78, 5) is 0. The van der Waals surface area contributed by atoms with Gasteiger partial charge in [0.25, 0.3) is 0 Å². The molecule has 2 atom stereocenters. The Kier molecular flexibility index (Phi) is 4.70. The Morgan fingerprint density at radius 1 is 1.31 bits per heavy atom. The van der Waals surface area contributed by atoms with Crippen molar-refractivity contribution in [2.24, 2.45) is 0 Å². The SMILES string of the molecule is C[CH](CCC1C=Cc2ccccc21)[Zr]([Cl])[Cl]. The van der Waals surface area contributed by atoms with Crippen LogP contribution in [0.1, 0.15) is 36.8 Å². The van der Waals surface area contributed by atoms with Crippen LogP contribution in [0.5, 0.6) is 0 Å². The van der Waals surface area contributed by atoms with Crippen molar-refractivity contribution in [3.63, 3.8) is 0 Å². The Morgan fingerprint density at radius 2 is 2.06 bits per heavy atom. The number of hydrogen-bond donors (Lipinski definition) is 0. The van der Waals surface area contributed by atoms with Gasteiger partial charge in [-0.1, -0.05) is 0 Å². The first kappa shape index (κ1) is 12.9. The van der Waals surface area contributed by atoms with E-state index >= 15 is 0 Å². The van der Waals surface area contributed by atoms with Crippen molar-refractivity contribution in [3.05, 3.63) is 41.5 Å². The van der Waals surface area contributed by atoms with Crippen LogP contribution in [0.3, 0.4) is 0 Å². The van der Waals surface area contributed by atoms with Crippen molar-refractivity contribution < 1.29 is 19.4 Å². The van der Waals surface area contributed by atoms with Gasteiger partial charge in [0.2, 0.25) is 0 Å². The zero-order valence-electron chi connectivity index (χ0n) is 9.29. The van der Waals surface area contributed by atoms with Gasteiger partial charge in [0.15, 0.2) is 0 Å². The van der Waals surface area contributed by atoms with Crippen molar-refractivity contribution in [3.8, 4) is 0 Å². The molecule has 0 saturated heterocycles. The second-order valence-electron chi connectivity index (χ2n) is 4.36. The van der Waals surface area contributed by atoms with E-state index in [9.17, 15) is 0 Å². The van der Waals surface area contributed by atoms with Gasteiger partial charge in [0, 0.05) is 0 Å². The van der Waals surface area contributed by atoms with Crippen molar-refractivity contribution in [2.45, 2.75) is 29.3 Å². The quantitative estimate of drug-likeness (QED) is 0.700. The zero-order valence-corrected chi connectivity index (χ0v) is 13.3. The number of fused-ring (bicyclic) bond motifs is 1. The van der Waals surface area contributed by atoms with Gasteiger partial charge < -0.3 is 0 Å². The average Bonchev–Trinajstić information content (AvgIpc) is 2.69. The fourth-order valence-corrected chi connectivity index (χ4v) is 4.35. The molecule has 1 aromatic carbocycles. The summed E-state index contributed by atoms with van der Waals surface area (Å²) in [6, 6.07) is 8.62. The maximum absolute atomic E-state index is 6.06. The molecule has 0 bridgehead atoms. The minimum absolute atomic E-state index is 0.562. The number of benzene rings is 1. The second-order valence-corrected chi connectivity index (χ2v) is 14.2. The Balaban J connectivity index is 1.96. The zero-order chi connectivity index (χ0) is 11.5. The van der Waals surface area contributed by atoms with E-state index in [4.69, 9.17) is 17.0 Å². The number of allylic oxidation sites excluding steroid dienone is 1. The molecular weight excluding hydrogens is 318 g/mol. The summed E-state index contributed by atoms with van der Waals surface area (Å²) in [5.41, 5.74) is 2.83. The molecule has 0 heterocycles. The Bertz CT molecular complexity index is 387. The van der Waals surface area contributed by atoms with Crippen LogP contribution < -0.4 is 0 Å². The van der Waals surface area contributed by atoms with E-state index < -0.39 is 19.4 Å². The van der Waals surface area contributed by atoms with E-state index in [1.54, 1.807) is 0 Å². The van der Waals surface area contributed by atoms with Crippen LogP contribution >= 0.6 is 17.0 Å². The topological polar surface area (TPSA) is 0 Å². The first-order valence-electron chi connectivity index (χ1n) is 5.63. The molecule has 0 N–H and O–H groups in total. The van der Waals surface area contributed by atoms with Crippen LogP contribution in [0, 0.1) is 0 Å². The summed E-state index contributed by atoms with van der Waals surface area (Å²) in [5.74, 6) is 0.578. The third-order valence-electron chi connectivity index (χ3n) is 3.19. The van der Waals surface area contributed by atoms with E-state index in [1.807, 2.05) is 0 Å². The first-order chi connectivity index (χ1) is 7.68. The molecule has 2 unspecified atom stereocenters. The summed E-state index contributed by atoms with van der Waals surface area (Å²) in [7, 11) is 12.1. The summed E-state index contributed by atoms with van der Waals surface area (Å²) in [6.07, 6.45) is 6.87. The minimum atomic E-state index is -2.01. The van der Waals surface area contributed by atoms with Gasteiger partial charge in [-0.05, 0) is 0 Å². The fourth-order valence-electron chi connectivity index (χ4n) is 2.11. The van der Waals surface area contributed by atoms with Crippen LogP contribution in [0.15, 0.2) is 30.3 Å². The molecular formula is C13H15Cl2Zr. The fraction of sp³-hybridized carbons (Fsp3) is 0.385. The van der Waals surface area contributed by atoms with Gasteiger partial charge in [-0.3, -0.25) is 0 Å². The summed E-state index contributed by atoms with van der Waals surface area (Å²) >= 11 is -2.01. The standard InChI is InChI=1S/C13H15.2ClH.Zr/c1-2-3-6-11-9-10-12-7-4-5-8-13(11)12;;;/h2,4-5,7-11H,3,6H2,1H3;2*1H;/q;;;+2/p-2. The van der Waals surface area contributed by atoms with Crippen LogP contribution in [-0.4, -0.2) is 0 Å². The Labute approximate surface area is 112 Å². The van der Waals surface area contributed by atoms with Gasteiger partial charge in [-0.25, -0.2) is 0 Å². The predicted octanol–water partition coefficient (Wildman–Crippen LogP) is 5.31. The maximum atomic E-state index is 6.06. The van der Waals surface area contributed by atoms with E-state index in [2.05, 4.69) is 43.3 Å². The second kappa shape index (κ2) is 5.85. The predicted molar refractivity (Wildman–Crippen MR) is 68.6 cm³/mol.